The molecule has 0 amide bonds. The second-order valence-corrected chi connectivity index (χ2v) is 8.59. The number of alkyl halides is 1. The Bertz CT molecular complexity index is 587. The van der Waals surface area contributed by atoms with Crippen LogP contribution in [0, 0.1) is 23.2 Å². The molecule has 120 valence electrons. The highest BCUT2D eigenvalue weighted by Crippen LogP contribution is 2.62. The zero-order valence-corrected chi connectivity index (χ0v) is 14.7. The maximum Gasteiger partial charge on any atom is 0.115 e. The van der Waals surface area contributed by atoms with Crippen LogP contribution in [-0.4, -0.2) is 21.6 Å². The standard InChI is InChI=1S/C19H25BrO2/c1-19-7-6-15-14-5-3-13(21)8-11(14)2-4-16(15)17(19)9-12(10-20)18(19)22/h3,5,8,12,15-18,21-22H,2,4,6-7,9-10H2,1H3/t12-,15-,16-,17+,18-,19+/m1/s1. The van der Waals surface area contributed by atoms with Crippen LogP contribution in [-0.2, 0) is 6.42 Å². The lowest BCUT2D eigenvalue weighted by molar-refractivity contribution is -0.0304. The molecular weight excluding hydrogens is 340 g/mol. The van der Waals surface area contributed by atoms with Crippen molar-refractivity contribution < 1.29 is 10.2 Å². The van der Waals surface area contributed by atoms with Gasteiger partial charge in [0.2, 0.25) is 0 Å². The molecule has 0 aliphatic heterocycles. The van der Waals surface area contributed by atoms with Crippen molar-refractivity contribution in [1.82, 2.24) is 0 Å². The van der Waals surface area contributed by atoms with Crippen LogP contribution in [0.2, 0.25) is 0 Å². The van der Waals surface area contributed by atoms with Crippen LogP contribution < -0.4 is 0 Å². The Morgan fingerprint density at radius 3 is 2.91 bits per heavy atom. The summed E-state index contributed by atoms with van der Waals surface area (Å²) in [5, 5.41) is 21.5. The second kappa shape index (κ2) is 5.24. The number of hydrogen-bond acceptors (Lipinski definition) is 2. The van der Waals surface area contributed by atoms with E-state index in [-0.39, 0.29) is 11.5 Å². The Balaban J connectivity index is 1.69. The number of phenolic OH excluding ortho intramolecular Hbond substituents is 1. The normalized spacial score (nSPS) is 43.3. The van der Waals surface area contributed by atoms with E-state index < -0.39 is 0 Å². The van der Waals surface area contributed by atoms with Crippen molar-refractivity contribution in [3.63, 3.8) is 0 Å². The van der Waals surface area contributed by atoms with Crippen molar-refractivity contribution in [3.05, 3.63) is 29.3 Å². The van der Waals surface area contributed by atoms with E-state index in [9.17, 15) is 10.2 Å². The molecule has 0 heterocycles. The molecule has 2 nitrogen and oxygen atoms in total. The highest BCUT2D eigenvalue weighted by atomic mass is 79.9. The molecule has 2 saturated carbocycles. The van der Waals surface area contributed by atoms with Gasteiger partial charge in [0, 0.05) is 5.33 Å². The molecule has 6 atom stereocenters. The van der Waals surface area contributed by atoms with Gasteiger partial charge in [0.25, 0.3) is 0 Å². The van der Waals surface area contributed by atoms with Gasteiger partial charge in [-0.25, -0.2) is 0 Å². The SMILES string of the molecule is C[C@]12CC[C@@H]3c4ccc(O)cc4CC[C@H]3[C@@H]1C[C@H](CBr)[C@H]2O. The van der Waals surface area contributed by atoms with Gasteiger partial charge in [0.05, 0.1) is 6.10 Å². The van der Waals surface area contributed by atoms with Gasteiger partial charge in [0.15, 0.2) is 0 Å². The number of rotatable bonds is 1. The van der Waals surface area contributed by atoms with E-state index in [0.717, 1.165) is 24.6 Å². The quantitative estimate of drug-likeness (QED) is 0.732. The van der Waals surface area contributed by atoms with E-state index in [1.807, 2.05) is 12.1 Å². The molecule has 3 heteroatoms. The van der Waals surface area contributed by atoms with Crippen LogP contribution in [0.5, 0.6) is 5.75 Å². The smallest absolute Gasteiger partial charge is 0.115 e. The molecule has 0 unspecified atom stereocenters. The molecule has 2 fully saturated rings. The first kappa shape index (κ1) is 15.0. The number of aliphatic hydroxyl groups excluding tert-OH is 1. The fourth-order valence-corrected chi connectivity index (χ4v) is 6.49. The van der Waals surface area contributed by atoms with Crippen LogP contribution >= 0.6 is 15.9 Å². The van der Waals surface area contributed by atoms with Crippen molar-refractivity contribution in [3.8, 4) is 5.75 Å². The third kappa shape index (κ3) is 2.01. The molecule has 3 aliphatic rings. The summed E-state index contributed by atoms with van der Waals surface area (Å²) in [6, 6.07) is 5.96. The van der Waals surface area contributed by atoms with Crippen molar-refractivity contribution in [2.45, 2.75) is 51.0 Å². The van der Waals surface area contributed by atoms with Gasteiger partial charge in [-0.15, -0.1) is 0 Å². The lowest BCUT2D eigenvalue weighted by atomic mass is 9.55. The first-order valence-electron chi connectivity index (χ1n) is 8.60. The number of aryl methyl sites for hydroxylation is 1. The maximum atomic E-state index is 10.8. The summed E-state index contributed by atoms with van der Waals surface area (Å²) in [6.07, 6.45) is 5.61. The van der Waals surface area contributed by atoms with Crippen molar-refractivity contribution in [1.29, 1.82) is 0 Å². The van der Waals surface area contributed by atoms with E-state index in [2.05, 4.69) is 28.9 Å². The first-order valence-corrected chi connectivity index (χ1v) is 9.72. The van der Waals surface area contributed by atoms with Crippen LogP contribution in [0.25, 0.3) is 0 Å². The molecule has 3 aliphatic carbocycles. The Kier molecular flexibility index (Phi) is 3.58. The van der Waals surface area contributed by atoms with E-state index >= 15 is 0 Å². The third-order valence-corrected chi connectivity index (χ3v) is 7.86. The molecule has 2 N–H and O–H groups in total. The Hall–Kier alpha value is -0.540. The fourth-order valence-electron chi connectivity index (χ4n) is 5.87. The third-order valence-electron chi connectivity index (χ3n) is 7.02. The second-order valence-electron chi connectivity index (χ2n) is 7.94. The highest BCUT2D eigenvalue weighted by Gasteiger charge is 2.57. The number of phenols is 1. The Labute approximate surface area is 141 Å². The summed E-state index contributed by atoms with van der Waals surface area (Å²) in [5.41, 5.74) is 2.92. The van der Waals surface area contributed by atoms with Crippen molar-refractivity contribution in [2.24, 2.45) is 23.2 Å². The highest BCUT2D eigenvalue weighted by molar-refractivity contribution is 9.09. The monoisotopic (exact) mass is 364 g/mol. The van der Waals surface area contributed by atoms with Gasteiger partial charge in [-0.2, -0.15) is 0 Å². The molecule has 4 rings (SSSR count). The van der Waals surface area contributed by atoms with Gasteiger partial charge in [-0.05, 0) is 84.5 Å². The topological polar surface area (TPSA) is 40.5 Å². The summed E-state index contributed by atoms with van der Waals surface area (Å²) >= 11 is 3.61. The minimum absolute atomic E-state index is 0.105. The van der Waals surface area contributed by atoms with Crippen LogP contribution in [0.3, 0.4) is 0 Å². The minimum atomic E-state index is -0.154. The molecule has 0 aromatic heterocycles. The predicted molar refractivity (Wildman–Crippen MR) is 91.4 cm³/mol. The molecule has 1 aromatic rings. The maximum absolute atomic E-state index is 10.8. The molecule has 0 saturated heterocycles. The number of aromatic hydroxyl groups is 1. The van der Waals surface area contributed by atoms with Gasteiger partial charge < -0.3 is 10.2 Å². The van der Waals surface area contributed by atoms with Crippen LogP contribution in [0.1, 0.15) is 49.7 Å². The Morgan fingerprint density at radius 1 is 1.32 bits per heavy atom. The summed E-state index contributed by atoms with van der Waals surface area (Å²) < 4.78 is 0. The Morgan fingerprint density at radius 2 is 2.14 bits per heavy atom. The van der Waals surface area contributed by atoms with Crippen molar-refractivity contribution in [2.75, 3.05) is 5.33 Å². The van der Waals surface area contributed by atoms with Gasteiger partial charge in [-0.3, -0.25) is 0 Å². The number of aliphatic hydroxyl groups is 1. The van der Waals surface area contributed by atoms with E-state index in [1.54, 1.807) is 0 Å². The molecule has 1 aromatic carbocycles. The summed E-state index contributed by atoms with van der Waals surface area (Å²) in [7, 11) is 0. The average molecular weight is 365 g/mol. The van der Waals surface area contributed by atoms with Gasteiger partial charge in [-0.1, -0.05) is 28.9 Å². The van der Waals surface area contributed by atoms with E-state index in [4.69, 9.17) is 0 Å². The molecule has 0 spiro atoms. The van der Waals surface area contributed by atoms with Crippen LogP contribution in [0.4, 0.5) is 0 Å². The fraction of sp³-hybridized carbons (Fsp3) is 0.684. The summed E-state index contributed by atoms with van der Waals surface area (Å²) in [6.45, 7) is 2.33. The largest absolute Gasteiger partial charge is 0.508 e. The van der Waals surface area contributed by atoms with Crippen LogP contribution in [0.15, 0.2) is 18.2 Å². The van der Waals surface area contributed by atoms with E-state index in [1.165, 1.54) is 24.0 Å². The molecule has 0 bridgehead atoms. The number of benzene rings is 1. The zero-order valence-electron chi connectivity index (χ0n) is 13.1. The van der Waals surface area contributed by atoms with Gasteiger partial charge in [0.1, 0.15) is 5.75 Å². The van der Waals surface area contributed by atoms with Crippen molar-refractivity contribution >= 4 is 15.9 Å². The number of hydrogen-bond donors (Lipinski definition) is 2. The van der Waals surface area contributed by atoms with E-state index in [0.29, 0.717) is 29.4 Å². The summed E-state index contributed by atoms with van der Waals surface area (Å²) in [4.78, 5) is 0. The first-order chi connectivity index (χ1) is 10.5. The summed E-state index contributed by atoms with van der Waals surface area (Å²) in [5.74, 6) is 2.78. The number of halogens is 1. The molecule has 22 heavy (non-hydrogen) atoms. The number of fused-ring (bicyclic) bond motifs is 5. The predicted octanol–water partition coefficient (Wildman–Crippen LogP) is 4.23. The molecular formula is C19H25BrO2. The lowest BCUT2D eigenvalue weighted by Gasteiger charge is -2.50. The lowest BCUT2D eigenvalue weighted by Crippen LogP contribution is -2.44. The van der Waals surface area contributed by atoms with Gasteiger partial charge >= 0.3 is 0 Å². The molecule has 0 radical (unpaired) electrons. The average Bonchev–Trinajstić information content (AvgIpc) is 2.78. The zero-order chi connectivity index (χ0) is 15.5. The minimum Gasteiger partial charge on any atom is -0.508 e.